The average molecular weight is 944 g/mol. The average Bonchev–Trinajstić information content (AvgIpc) is 3.32. The van der Waals surface area contributed by atoms with Crippen LogP contribution in [0.4, 0.5) is 0 Å². The monoisotopic (exact) mass is 943 g/mol. The summed E-state index contributed by atoms with van der Waals surface area (Å²) in [4.78, 5) is 0. The summed E-state index contributed by atoms with van der Waals surface area (Å²) in [6.45, 7) is -7.29. The molecule has 0 aliphatic rings. The molecule has 0 unspecified atom stereocenters. The van der Waals surface area contributed by atoms with E-state index in [1.807, 2.05) is 0 Å². The normalized spacial score (nSPS) is 9.84. The first kappa shape index (κ1) is 87.7. The van der Waals surface area contributed by atoms with E-state index in [1.54, 1.807) is 0 Å². The van der Waals surface area contributed by atoms with Crippen molar-refractivity contribution in [1.29, 1.82) is 0 Å². The molecule has 0 heterocycles. The molecule has 0 aromatic heterocycles. The second-order valence-corrected chi connectivity index (χ2v) is 10.2. The van der Waals surface area contributed by atoms with Crippen LogP contribution in [0.3, 0.4) is 0 Å². The van der Waals surface area contributed by atoms with Crippen LogP contribution in [0.1, 0.15) is 0 Å². The Labute approximate surface area is 375 Å². The maximum absolute atomic E-state index is 8.17. The van der Waals surface area contributed by atoms with Crippen molar-refractivity contribution in [2.75, 3.05) is 132 Å². The van der Waals surface area contributed by atoms with E-state index >= 15 is 0 Å². The Morgan fingerprint density at radius 3 is 0.164 bits per heavy atom. The third-order valence-electron chi connectivity index (χ3n) is 4.21. The molecule has 0 amide bonds. The van der Waals surface area contributed by atoms with E-state index in [4.69, 9.17) is 153 Å². The van der Waals surface area contributed by atoms with Crippen molar-refractivity contribution in [3.8, 4) is 0 Å². The van der Waals surface area contributed by atoms with Gasteiger partial charge in [-0.3, -0.25) is 0 Å². The minimum Gasteiger partial charge on any atom is -0.394 e. The van der Waals surface area contributed by atoms with Gasteiger partial charge in [0.1, 0.15) is 61.0 Å². The van der Waals surface area contributed by atoms with Crippen molar-refractivity contribution >= 4 is 29.6 Å². The largest absolute Gasteiger partial charge is 0.394 e. The van der Waals surface area contributed by atoms with Gasteiger partial charge in [-0.15, -0.1) is 0 Å². The number of aliphatic hydroxyl groups excluding tert-OH is 30. The molecule has 1 radical (unpaired) electrons. The molecule has 31 heteroatoms. The van der Waals surface area contributed by atoms with E-state index in [2.05, 4.69) is 0 Å². The zero-order valence-corrected chi connectivity index (χ0v) is 36.3. The van der Waals surface area contributed by atoms with Crippen LogP contribution in [0.25, 0.3) is 0 Å². The summed E-state index contributed by atoms with van der Waals surface area (Å²) < 4.78 is 0. The zero-order chi connectivity index (χ0) is 49.9. The molecule has 0 aromatic carbocycles. The molecular weight excluding hydrogens is 863 g/mol. The third-order valence-corrected chi connectivity index (χ3v) is 4.21. The van der Waals surface area contributed by atoms with Gasteiger partial charge >= 0.3 is 0 Å². The van der Waals surface area contributed by atoms with Crippen molar-refractivity contribution in [1.82, 2.24) is 0 Å². The Morgan fingerprint density at radius 1 is 0.131 bits per heavy atom. The summed E-state index contributed by atoms with van der Waals surface area (Å²) in [5.41, 5.74) is 0. The van der Waals surface area contributed by atoms with Gasteiger partial charge in [0.05, 0.1) is 132 Å². The molecule has 0 atom stereocenters. The molecule has 381 valence electrons. The van der Waals surface area contributed by atoms with E-state index in [0.717, 1.165) is 0 Å². The molecular formula is C30H80NaO30. The summed E-state index contributed by atoms with van der Waals surface area (Å²) in [5, 5.41) is 240. The van der Waals surface area contributed by atoms with Gasteiger partial charge in [-0.1, -0.05) is 0 Å². The maximum atomic E-state index is 8.17. The zero-order valence-electron chi connectivity index (χ0n) is 34.3. The van der Waals surface area contributed by atoms with Gasteiger partial charge in [-0.2, -0.15) is 0 Å². The predicted octanol–water partition coefficient (Wildman–Crippen LogP) is -17.1. The molecule has 61 heavy (non-hydrogen) atoms. The first-order valence-corrected chi connectivity index (χ1v) is 17.1. The molecule has 0 aliphatic carbocycles. The Bertz CT molecular complexity index is 426. The van der Waals surface area contributed by atoms with Crippen LogP contribution in [0.5, 0.6) is 0 Å². The molecule has 30 N–H and O–H groups in total. The van der Waals surface area contributed by atoms with Crippen molar-refractivity contribution in [3.63, 3.8) is 0 Å². The minimum absolute atomic E-state index is 0. The summed E-state index contributed by atoms with van der Waals surface area (Å²) in [7, 11) is 0. The topological polar surface area (TPSA) is 607 Å². The second-order valence-electron chi connectivity index (χ2n) is 10.2. The Hall–Kier alpha value is -0.200. The molecule has 0 rings (SSSR count). The second kappa shape index (κ2) is 83.4. The number of aliphatic hydroxyl groups is 30. The summed E-state index contributed by atoms with van der Waals surface area (Å²) in [6.07, 6.45) is -9.54. The molecule has 0 fully saturated rings. The van der Waals surface area contributed by atoms with E-state index in [0.29, 0.717) is 0 Å². The van der Waals surface area contributed by atoms with Crippen molar-refractivity contribution in [3.05, 3.63) is 0 Å². The van der Waals surface area contributed by atoms with Crippen LogP contribution >= 0.6 is 0 Å². The van der Waals surface area contributed by atoms with Crippen LogP contribution < -0.4 is 0 Å². The van der Waals surface area contributed by atoms with Crippen LogP contribution in [0.15, 0.2) is 0 Å². The van der Waals surface area contributed by atoms with Crippen LogP contribution in [0.2, 0.25) is 0 Å². The van der Waals surface area contributed by atoms with E-state index in [1.165, 1.54) is 0 Å². The number of hydrogen-bond donors (Lipinski definition) is 30. The first-order valence-electron chi connectivity index (χ1n) is 17.1. The standard InChI is InChI=1S/10C3H8O3.Na/c10*4-1-3(6)2-5;/h10*3-6H,1-2H2;. The fraction of sp³-hybridized carbons (Fsp3) is 1.00. The molecule has 0 bridgehead atoms. The van der Waals surface area contributed by atoms with Crippen LogP contribution in [-0.4, -0.2) is 376 Å². The number of hydrogen-bond acceptors (Lipinski definition) is 30. The van der Waals surface area contributed by atoms with Gasteiger partial charge < -0.3 is 153 Å². The van der Waals surface area contributed by atoms with Gasteiger partial charge in [0.2, 0.25) is 0 Å². The minimum atomic E-state index is -0.954. The Balaban J connectivity index is -0.0000000505. The predicted molar refractivity (Wildman–Crippen MR) is 208 cm³/mol. The maximum Gasteiger partial charge on any atom is 0.100 e. The van der Waals surface area contributed by atoms with Gasteiger partial charge in [0, 0.05) is 29.6 Å². The Kier molecular flexibility index (Phi) is 120. The van der Waals surface area contributed by atoms with Gasteiger partial charge in [0.15, 0.2) is 0 Å². The van der Waals surface area contributed by atoms with Gasteiger partial charge in [-0.25, -0.2) is 0 Å². The van der Waals surface area contributed by atoms with Crippen LogP contribution in [0, 0.1) is 0 Å². The van der Waals surface area contributed by atoms with E-state index in [9.17, 15) is 0 Å². The first-order chi connectivity index (χ1) is 28.1. The molecule has 0 saturated heterocycles. The fourth-order valence-corrected chi connectivity index (χ4v) is 0.577. The SMILES string of the molecule is OCC(O)CO.OCC(O)CO.OCC(O)CO.OCC(O)CO.OCC(O)CO.OCC(O)CO.OCC(O)CO.OCC(O)CO.OCC(O)CO.OCC(O)CO.[Na]. The van der Waals surface area contributed by atoms with Crippen molar-refractivity contribution < 1.29 is 153 Å². The summed E-state index contributed by atoms with van der Waals surface area (Å²) in [6, 6.07) is 0. The summed E-state index contributed by atoms with van der Waals surface area (Å²) >= 11 is 0. The molecule has 0 spiro atoms. The van der Waals surface area contributed by atoms with Gasteiger partial charge in [-0.05, 0) is 0 Å². The summed E-state index contributed by atoms with van der Waals surface area (Å²) in [5.74, 6) is 0. The quantitative estimate of drug-likeness (QED) is 0.0504. The third kappa shape index (κ3) is 126. The van der Waals surface area contributed by atoms with Crippen molar-refractivity contribution in [2.45, 2.75) is 61.0 Å². The molecule has 30 nitrogen and oxygen atoms in total. The Morgan fingerprint density at radius 2 is 0.164 bits per heavy atom. The molecule has 0 aliphatic heterocycles. The van der Waals surface area contributed by atoms with Crippen LogP contribution in [-0.2, 0) is 0 Å². The molecule has 0 aromatic rings. The number of rotatable bonds is 20. The van der Waals surface area contributed by atoms with Gasteiger partial charge in [0.25, 0.3) is 0 Å². The van der Waals surface area contributed by atoms with E-state index < -0.39 is 61.0 Å². The van der Waals surface area contributed by atoms with E-state index in [-0.39, 0.29) is 162 Å². The smallest absolute Gasteiger partial charge is 0.100 e. The van der Waals surface area contributed by atoms with Crippen molar-refractivity contribution in [2.24, 2.45) is 0 Å². The fourth-order valence-electron chi connectivity index (χ4n) is 0.577. The molecule has 0 saturated carbocycles.